The molecule has 2 heterocycles. The summed E-state index contributed by atoms with van der Waals surface area (Å²) in [5.41, 5.74) is 8.53. The molecule has 9 heteroatoms. The van der Waals surface area contributed by atoms with Crippen LogP contribution in [0.2, 0.25) is 5.02 Å². The average Bonchev–Trinajstić information content (AvgIpc) is 3.57. The number of imidazole rings is 1. The van der Waals surface area contributed by atoms with Gasteiger partial charge in [0.05, 0.1) is 12.6 Å². The molecule has 32 heavy (non-hydrogen) atoms. The third kappa shape index (κ3) is 4.48. The largest absolute Gasteiger partial charge is 0.340 e. The third-order valence-electron chi connectivity index (χ3n) is 5.92. The number of nitrogens with zero attached hydrogens (tertiary/aromatic N) is 3. The Labute approximate surface area is 198 Å². The molecule has 6 nitrogen and oxygen atoms in total. The van der Waals surface area contributed by atoms with Crippen molar-refractivity contribution in [2.45, 2.75) is 32.0 Å². The molecule has 2 aromatic carbocycles. The van der Waals surface area contributed by atoms with Crippen LogP contribution in [-0.2, 0) is 17.9 Å². The summed E-state index contributed by atoms with van der Waals surface area (Å²) >= 11 is 6.02. The smallest absolute Gasteiger partial charge is 0.240 e. The summed E-state index contributed by atoms with van der Waals surface area (Å²) < 4.78 is 15.6. The number of benzene rings is 2. The van der Waals surface area contributed by atoms with Gasteiger partial charge in [0.2, 0.25) is 5.91 Å². The normalized spacial score (nSPS) is 16.2. The van der Waals surface area contributed by atoms with Gasteiger partial charge in [0.25, 0.3) is 0 Å². The van der Waals surface area contributed by atoms with Crippen LogP contribution in [-0.4, -0.2) is 32.9 Å². The Morgan fingerprint density at radius 2 is 1.81 bits per heavy atom. The van der Waals surface area contributed by atoms with Crippen LogP contribution in [0.4, 0.5) is 15.9 Å². The molecule has 0 spiro atoms. The van der Waals surface area contributed by atoms with E-state index in [0.29, 0.717) is 36.3 Å². The van der Waals surface area contributed by atoms with Gasteiger partial charge in [-0.1, -0.05) is 11.6 Å². The van der Waals surface area contributed by atoms with Crippen LogP contribution in [0.25, 0.3) is 11.3 Å². The van der Waals surface area contributed by atoms with E-state index in [9.17, 15) is 9.18 Å². The van der Waals surface area contributed by atoms with E-state index in [0.717, 1.165) is 35.7 Å². The number of nitrogens with one attached hydrogen (secondary N) is 1. The lowest BCUT2D eigenvalue weighted by atomic mass is 10.1. The molecule has 3 aromatic rings. The SMILES string of the molecule is N[C@H](C(=O)N1CCn2c(nc(-c3ccc(F)cc3)c2Nc2ccc(Cl)cc2)C1)C1CC1.S. The second kappa shape index (κ2) is 9.13. The molecule has 0 bridgehead atoms. The van der Waals surface area contributed by atoms with Crippen molar-refractivity contribution >= 4 is 42.5 Å². The minimum absolute atomic E-state index is 0. The molecule has 0 radical (unpaired) electrons. The van der Waals surface area contributed by atoms with Crippen molar-refractivity contribution < 1.29 is 9.18 Å². The van der Waals surface area contributed by atoms with E-state index in [1.165, 1.54) is 12.1 Å². The molecule has 0 unspecified atom stereocenters. The maximum atomic E-state index is 13.5. The Morgan fingerprint density at radius 3 is 2.47 bits per heavy atom. The fourth-order valence-electron chi connectivity index (χ4n) is 3.99. The summed E-state index contributed by atoms with van der Waals surface area (Å²) in [6, 6.07) is 13.3. The third-order valence-corrected chi connectivity index (χ3v) is 6.18. The highest BCUT2D eigenvalue weighted by molar-refractivity contribution is 7.59. The zero-order valence-corrected chi connectivity index (χ0v) is 19.1. The minimum atomic E-state index is -0.426. The van der Waals surface area contributed by atoms with Gasteiger partial charge < -0.3 is 20.5 Å². The van der Waals surface area contributed by atoms with Gasteiger partial charge in [0.1, 0.15) is 23.2 Å². The molecule has 0 saturated heterocycles. The van der Waals surface area contributed by atoms with Crippen molar-refractivity contribution in [2.24, 2.45) is 11.7 Å². The van der Waals surface area contributed by atoms with E-state index in [4.69, 9.17) is 22.3 Å². The highest BCUT2D eigenvalue weighted by Crippen LogP contribution is 2.35. The fraction of sp³-hybridized carbons (Fsp3) is 0.304. The molecule has 1 saturated carbocycles. The lowest BCUT2D eigenvalue weighted by Gasteiger charge is -2.30. The topological polar surface area (TPSA) is 76.2 Å². The first-order chi connectivity index (χ1) is 15.0. The Balaban J connectivity index is 0.00000245. The molecule has 168 valence electrons. The number of rotatable bonds is 5. The number of carbonyl (C=O) groups excluding carboxylic acids is 1. The second-order valence-electron chi connectivity index (χ2n) is 8.14. The molecule has 1 atom stereocenters. The molecule has 3 N–H and O–H groups in total. The average molecular weight is 474 g/mol. The molecule has 2 aliphatic rings. The maximum absolute atomic E-state index is 13.5. The number of aromatic nitrogens is 2. The van der Waals surface area contributed by atoms with Crippen molar-refractivity contribution in [1.29, 1.82) is 0 Å². The van der Waals surface area contributed by atoms with Crippen LogP contribution in [0, 0.1) is 11.7 Å². The summed E-state index contributed by atoms with van der Waals surface area (Å²) in [4.78, 5) is 19.4. The van der Waals surface area contributed by atoms with Crippen LogP contribution in [0.3, 0.4) is 0 Å². The Hall–Kier alpha value is -2.55. The highest BCUT2D eigenvalue weighted by Gasteiger charge is 2.37. The van der Waals surface area contributed by atoms with Crippen LogP contribution in [0.1, 0.15) is 18.7 Å². The first kappa shape index (κ1) is 22.6. The van der Waals surface area contributed by atoms with Crippen LogP contribution < -0.4 is 11.1 Å². The molecule has 1 fully saturated rings. The van der Waals surface area contributed by atoms with E-state index < -0.39 is 6.04 Å². The second-order valence-corrected chi connectivity index (χ2v) is 8.58. The van der Waals surface area contributed by atoms with Gasteiger partial charge in [0, 0.05) is 29.4 Å². The fourth-order valence-corrected chi connectivity index (χ4v) is 4.12. The molecule has 5 rings (SSSR count). The lowest BCUT2D eigenvalue weighted by Crippen LogP contribution is -2.47. The van der Waals surface area contributed by atoms with Gasteiger partial charge in [-0.2, -0.15) is 13.5 Å². The number of hydrogen-bond acceptors (Lipinski definition) is 4. The summed E-state index contributed by atoms with van der Waals surface area (Å²) in [6.45, 7) is 1.57. The van der Waals surface area contributed by atoms with Crippen LogP contribution in [0.15, 0.2) is 48.5 Å². The van der Waals surface area contributed by atoms with Crippen molar-refractivity contribution in [2.75, 3.05) is 11.9 Å². The van der Waals surface area contributed by atoms with Gasteiger partial charge in [-0.05, 0) is 67.3 Å². The number of halogens is 2. The van der Waals surface area contributed by atoms with Crippen LogP contribution in [0.5, 0.6) is 0 Å². The van der Waals surface area contributed by atoms with Gasteiger partial charge in [0.15, 0.2) is 0 Å². The Morgan fingerprint density at radius 1 is 1.12 bits per heavy atom. The summed E-state index contributed by atoms with van der Waals surface area (Å²) in [7, 11) is 0. The Bertz CT molecular complexity index is 1110. The Kier molecular flexibility index (Phi) is 6.46. The zero-order valence-electron chi connectivity index (χ0n) is 17.4. The van der Waals surface area contributed by atoms with Crippen molar-refractivity contribution in [3.63, 3.8) is 0 Å². The number of fused-ring (bicyclic) bond motifs is 1. The number of nitrogens with two attached hydrogens (primary N) is 1. The van der Waals surface area contributed by atoms with E-state index in [-0.39, 0.29) is 25.2 Å². The van der Waals surface area contributed by atoms with E-state index in [1.54, 1.807) is 17.0 Å². The van der Waals surface area contributed by atoms with Gasteiger partial charge in [-0.25, -0.2) is 9.37 Å². The van der Waals surface area contributed by atoms with E-state index in [1.807, 2.05) is 24.3 Å². The number of carbonyl (C=O) groups is 1. The molecule has 1 aliphatic heterocycles. The molecular formula is C23H25ClFN5OS. The van der Waals surface area contributed by atoms with Crippen molar-refractivity contribution in [3.05, 3.63) is 65.2 Å². The zero-order chi connectivity index (χ0) is 21.5. The first-order valence-corrected chi connectivity index (χ1v) is 10.8. The van der Waals surface area contributed by atoms with Gasteiger partial charge >= 0.3 is 0 Å². The molecule has 1 amide bonds. The van der Waals surface area contributed by atoms with Crippen molar-refractivity contribution in [3.8, 4) is 11.3 Å². The number of amides is 1. The highest BCUT2D eigenvalue weighted by atomic mass is 35.5. The van der Waals surface area contributed by atoms with Crippen molar-refractivity contribution in [1.82, 2.24) is 14.5 Å². The number of hydrogen-bond donors (Lipinski definition) is 2. The predicted molar refractivity (Wildman–Crippen MR) is 129 cm³/mol. The van der Waals surface area contributed by atoms with Crippen LogP contribution >= 0.6 is 25.1 Å². The first-order valence-electron chi connectivity index (χ1n) is 10.4. The molecular weight excluding hydrogens is 449 g/mol. The quantitative estimate of drug-likeness (QED) is 0.580. The van der Waals surface area contributed by atoms with Gasteiger partial charge in [-0.15, -0.1) is 0 Å². The maximum Gasteiger partial charge on any atom is 0.240 e. The molecule has 1 aromatic heterocycles. The molecule has 1 aliphatic carbocycles. The summed E-state index contributed by atoms with van der Waals surface area (Å²) in [5.74, 6) is 1.59. The lowest BCUT2D eigenvalue weighted by molar-refractivity contribution is -0.134. The van der Waals surface area contributed by atoms with Gasteiger partial charge in [-0.3, -0.25) is 4.79 Å². The summed E-state index contributed by atoms with van der Waals surface area (Å²) in [6.07, 6.45) is 2.05. The predicted octanol–water partition coefficient (Wildman–Crippen LogP) is 4.28. The number of anilines is 2. The van der Waals surface area contributed by atoms with E-state index >= 15 is 0 Å². The van der Waals surface area contributed by atoms with E-state index in [2.05, 4.69) is 9.88 Å². The minimum Gasteiger partial charge on any atom is -0.340 e. The monoisotopic (exact) mass is 473 g/mol. The summed E-state index contributed by atoms with van der Waals surface area (Å²) in [5, 5.41) is 4.09. The standard InChI is InChI=1S/C23H23ClFN5O.H2S/c24-16-5-9-18(10-6-16)27-22-21(15-3-7-17(25)8-4-15)28-19-13-29(11-12-30(19)22)23(31)20(26)14-1-2-14;/h3-10,14,20,27H,1-2,11-13,26H2;1H2/t20-;/m0./s1.